The van der Waals surface area contributed by atoms with Crippen molar-refractivity contribution in [3.8, 4) is 5.75 Å². The van der Waals surface area contributed by atoms with Crippen LogP contribution >= 0.6 is 0 Å². The molecule has 1 aliphatic rings. The first-order chi connectivity index (χ1) is 14.0. The average molecular weight is 399 g/mol. The van der Waals surface area contributed by atoms with Crippen LogP contribution < -0.4 is 9.64 Å². The number of benzene rings is 2. The number of hydrogen-bond acceptors (Lipinski definition) is 4. The molecule has 0 aliphatic carbocycles. The Balaban J connectivity index is 1.59. The Labute approximate surface area is 170 Å². The predicted molar refractivity (Wildman–Crippen MR) is 109 cm³/mol. The van der Waals surface area contributed by atoms with Crippen LogP contribution in [0.3, 0.4) is 0 Å². The summed E-state index contributed by atoms with van der Waals surface area (Å²) in [4.78, 5) is 30.1. The van der Waals surface area contributed by atoms with E-state index in [9.17, 15) is 14.0 Å². The van der Waals surface area contributed by atoms with Crippen LogP contribution in [0, 0.1) is 5.82 Å². The van der Waals surface area contributed by atoms with Crippen molar-refractivity contribution in [3.05, 3.63) is 59.9 Å². The number of hydrogen-bond donors (Lipinski definition) is 0. The Bertz CT molecular complexity index is 866. The normalized spacial score (nSPS) is 13.9. The molecule has 0 saturated carbocycles. The summed E-state index contributed by atoms with van der Waals surface area (Å²) in [5.41, 5.74) is 1.41. The van der Waals surface area contributed by atoms with Gasteiger partial charge in [0, 0.05) is 45.2 Å². The Morgan fingerprint density at radius 1 is 1.03 bits per heavy atom. The van der Waals surface area contributed by atoms with Crippen molar-refractivity contribution in [2.24, 2.45) is 0 Å². The number of ether oxygens (including phenoxy) is 1. The smallest absolute Gasteiger partial charge is 0.242 e. The SMILES string of the molecule is COc1ccccc1N1CCN(C(=O)CN(Cc2ccccc2F)C(C)=O)CC1. The van der Waals surface area contributed by atoms with Crippen molar-refractivity contribution >= 4 is 17.5 Å². The number of nitrogens with zero attached hydrogens (tertiary/aromatic N) is 3. The summed E-state index contributed by atoms with van der Waals surface area (Å²) < 4.78 is 19.3. The lowest BCUT2D eigenvalue weighted by molar-refractivity contribution is -0.140. The van der Waals surface area contributed by atoms with Gasteiger partial charge in [-0.1, -0.05) is 30.3 Å². The lowest BCUT2D eigenvalue weighted by atomic mass is 10.2. The lowest BCUT2D eigenvalue weighted by Crippen LogP contribution is -2.51. The van der Waals surface area contributed by atoms with Gasteiger partial charge in [0.1, 0.15) is 18.1 Å². The Morgan fingerprint density at radius 2 is 1.69 bits per heavy atom. The summed E-state index contributed by atoms with van der Waals surface area (Å²) >= 11 is 0. The molecule has 2 aromatic rings. The predicted octanol–water partition coefficient (Wildman–Crippen LogP) is 2.53. The van der Waals surface area contributed by atoms with Crippen LogP contribution in [-0.4, -0.2) is 61.4 Å². The van der Waals surface area contributed by atoms with E-state index in [4.69, 9.17) is 4.74 Å². The zero-order valence-electron chi connectivity index (χ0n) is 16.8. The molecule has 0 spiro atoms. The van der Waals surface area contributed by atoms with Crippen LogP contribution in [0.25, 0.3) is 0 Å². The first-order valence-electron chi connectivity index (χ1n) is 9.64. The maximum atomic E-state index is 13.9. The number of carbonyl (C=O) groups is 2. The fourth-order valence-electron chi connectivity index (χ4n) is 3.46. The minimum atomic E-state index is -0.378. The molecular weight excluding hydrogens is 373 g/mol. The second kappa shape index (κ2) is 9.41. The molecule has 154 valence electrons. The maximum Gasteiger partial charge on any atom is 0.242 e. The van der Waals surface area contributed by atoms with Crippen molar-refractivity contribution in [2.75, 3.05) is 44.7 Å². The van der Waals surface area contributed by atoms with Crippen LogP contribution in [0.1, 0.15) is 12.5 Å². The van der Waals surface area contributed by atoms with E-state index in [1.165, 1.54) is 17.9 Å². The van der Waals surface area contributed by atoms with Gasteiger partial charge in [-0.3, -0.25) is 9.59 Å². The quantitative estimate of drug-likeness (QED) is 0.749. The molecule has 1 saturated heterocycles. The number of carbonyl (C=O) groups excluding carboxylic acids is 2. The number of methoxy groups -OCH3 is 1. The first kappa shape index (κ1) is 20.6. The summed E-state index contributed by atoms with van der Waals surface area (Å²) in [7, 11) is 1.64. The number of amides is 2. The molecule has 6 nitrogen and oxygen atoms in total. The van der Waals surface area contributed by atoms with E-state index in [2.05, 4.69) is 4.90 Å². The van der Waals surface area contributed by atoms with E-state index in [1.54, 1.807) is 30.2 Å². The van der Waals surface area contributed by atoms with E-state index in [0.717, 1.165) is 11.4 Å². The van der Waals surface area contributed by atoms with Crippen molar-refractivity contribution in [1.82, 2.24) is 9.80 Å². The monoisotopic (exact) mass is 399 g/mol. The van der Waals surface area contributed by atoms with Crippen molar-refractivity contribution in [1.29, 1.82) is 0 Å². The third kappa shape index (κ3) is 5.04. The highest BCUT2D eigenvalue weighted by molar-refractivity contribution is 5.84. The third-order valence-electron chi connectivity index (χ3n) is 5.15. The van der Waals surface area contributed by atoms with Gasteiger partial charge in [0.05, 0.1) is 12.8 Å². The minimum Gasteiger partial charge on any atom is -0.495 e. The highest BCUT2D eigenvalue weighted by Crippen LogP contribution is 2.28. The third-order valence-corrected chi connectivity index (χ3v) is 5.15. The van der Waals surface area contributed by atoms with E-state index in [0.29, 0.717) is 31.7 Å². The molecule has 0 radical (unpaired) electrons. The first-order valence-corrected chi connectivity index (χ1v) is 9.64. The lowest BCUT2D eigenvalue weighted by Gasteiger charge is -2.37. The highest BCUT2D eigenvalue weighted by atomic mass is 19.1. The van der Waals surface area contributed by atoms with Gasteiger partial charge in [-0.2, -0.15) is 0 Å². The molecule has 29 heavy (non-hydrogen) atoms. The fourth-order valence-corrected chi connectivity index (χ4v) is 3.46. The molecule has 0 unspecified atom stereocenters. The van der Waals surface area contributed by atoms with Gasteiger partial charge in [-0.15, -0.1) is 0 Å². The highest BCUT2D eigenvalue weighted by Gasteiger charge is 2.25. The van der Waals surface area contributed by atoms with Gasteiger partial charge in [0.15, 0.2) is 0 Å². The molecule has 7 heteroatoms. The minimum absolute atomic E-state index is 0.0572. The van der Waals surface area contributed by atoms with Gasteiger partial charge in [-0.05, 0) is 18.2 Å². The topological polar surface area (TPSA) is 53.1 Å². The summed E-state index contributed by atoms with van der Waals surface area (Å²) in [6.07, 6.45) is 0. The zero-order valence-corrected chi connectivity index (χ0v) is 16.8. The number of piperazine rings is 1. The van der Waals surface area contributed by atoms with Gasteiger partial charge in [0.25, 0.3) is 0 Å². The van der Waals surface area contributed by atoms with Gasteiger partial charge in [-0.25, -0.2) is 4.39 Å². The average Bonchev–Trinajstić information content (AvgIpc) is 2.74. The molecule has 0 aromatic heterocycles. The number of rotatable bonds is 6. The molecule has 2 aromatic carbocycles. The standard InChI is InChI=1S/C22H26FN3O3/c1-17(27)26(15-18-7-3-4-8-19(18)23)16-22(28)25-13-11-24(12-14-25)20-9-5-6-10-21(20)29-2/h3-10H,11-16H2,1-2H3. The maximum absolute atomic E-state index is 13.9. The van der Waals surface area contributed by atoms with Crippen LogP contribution in [0.2, 0.25) is 0 Å². The number of anilines is 1. The molecule has 0 bridgehead atoms. The van der Waals surface area contributed by atoms with Crippen molar-refractivity contribution in [3.63, 3.8) is 0 Å². The van der Waals surface area contributed by atoms with Crippen LogP contribution in [0.5, 0.6) is 5.75 Å². The second-order valence-corrected chi connectivity index (χ2v) is 7.01. The summed E-state index contributed by atoms with van der Waals surface area (Å²) in [5, 5.41) is 0. The van der Waals surface area contributed by atoms with Crippen molar-refractivity contribution in [2.45, 2.75) is 13.5 Å². The van der Waals surface area contributed by atoms with Crippen LogP contribution in [0.15, 0.2) is 48.5 Å². The molecule has 0 atom stereocenters. The van der Waals surface area contributed by atoms with E-state index >= 15 is 0 Å². The summed E-state index contributed by atoms with van der Waals surface area (Å²) in [6, 6.07) is 14.1. The zero-order chi connectivity index (χ0) is 20.8. The fraction of sp³-hybridized carbons (Fsp3) is 0.364. The number of halogens is 1. The van der Waals surface area contributed by atoms with Crippen LogP contribution in [0.4, 0.5) is 10.1 Å². The molecule has 1 aliphatic heterocycles. The molecule has 3 rings (SSSR count). The summed E-state index contributed by atoms with van der Waals surface area (Å²) in [5.74, 6) is 0.0435. The number of para-hydroxylation sites is 2. The molecule has 2 amide bonds. The van der Waals surface area contributed by atoms with E-state index < -0.39 is 0 Å². The summed E-state index contributed by atoms with van der Waals surface area (Å²) in [6.45, 7) is 3.89. The van der Waals surface area contributed by atoms with Crippen LogP contribution in [-0.2, 0) is 16.1 Å². The second-order valence-electron chi connectivity index (χ2n) is 7.01. The largest absolute Gasteiger partial charge is 0.495 e. The van der Waals surface area contributed by atoms with E-state index in [-0.39, 0.29) is 30.7 Å². The van der Waals surface area contributed by atoms with Gasteiger partial charge >= 0.3 is 0 Å². The Hall–Kier alpha value is -3.09. The molecule has 1 fully saturated rings. The Kier molecular flexibility index (Phi) is 6.69. The Morgan fingerprint density at radius 3 is 2.34 bits per heavy atom. The van der Waals surface area contributed by atoms with Crippen molar-refractivity contribution < 1.29 is 18.7 Å². The van der Waals surface area contributed by atoms with Gasteiger partial charge in [0.2, 0.25) is 11.8 Å². The van der Waals surface area contributed by atoms with Gasteiger partial charge < -0.3 is 19.4 Å². The van der Waals surface area contributed by atoms with E-state index in [1.807, 2.05) is 24.3 Å². The molecular formula is C22H26FN3O3. The molecule has 0 N–H and O–H groups in total. The molecule has 1 heterocycles.